The molecule has 0 saturated heterocycles. The van der Waals surface area contributed by atoms with Crippen LogP contribution in [-0.2, 0) is 18.3 Å². The first-order valence-electron chi connectivity index (χ1n) is 5.87. The van der Waals surface area contributed by atoms with Crippen molar-refractivity contribution in [3.63, 3.8) is 0 Å². The fourth-order valence-corrected chi connectivity index (χ4v) is 2.04. The van der Waals surface area contributed by atoms with Gasteiger partial charge in [-0.15, -0.1) is 0 Å². The molecular weight excluding hydrogens is 228 g/mol. The lowest BCUT2D eigenvalue weighted by Crippen LogP contribution is -2.04. The zero-order valence-electron chi connectivity index (χ0n) is 10.6. The minimum atomic E-state index is -0.786. The quantitative estimate of drug-likeness (QED) is 0.898. The molecule has 0 fully saturated rings. The van der Waals surface area contributed by atoms with Crippen LogP contribution in [0.4, 0.5) is 0 Å². The van der Waals surface area contributed by atoms with Crippen LogP contribution in [0.15, 0.2) is 30.5 Å². The molecule has 2 aromatic rings. The molecule has 0 unspecified atom stereocenters. The maximum Gasteiger partial charge on any atom is 0.303 e. The second-order valence-corrected chi connectivity index (χ2v) is 4.39. The number of hydrogen-bond acceptors (Lipinski definition) is 2. The standard InChI is InChI=1S/C14H16N2O2/c1-10-4-3-5-11(8-10)12-9-15-16(2)13(12)6-7-14(17)18/h3-5,8-9H,6-7H2,1-2H3,(H,17,18). The molecule has 0 bridgehead atoms. The Hall–Kier alpha value is -2.10. The Morgan fingerprint density at radius 3 is 2.89 bits per heavy atom. The second kappa shape index (κ2) is 5.04. The average molecular weight is 244 g/mol. The molecule has 1 aromatic carbocycles. The molecule has 0 aliphatic carbocycles. The first kappa shape index (κ1) is 12.4. The van der Waals surface area contributed by atoms with E-state index < -0.39 is 5.97 Å². The molecule has 1 heterocycles. The third-order valence-corrected chi connectivity index (χ3v) is 2.97. The third-order valence-electron chi connectivity index (χ3n) is 2.97. The first-order chi connectivity index (χ1) is 8.58. The van der Waals surface area contributed by atoms with E-state index in [1.54, 1.807) is 10.9 Å². The molecule has 4 heteroatoms. The number of benzene rings is 1. The highest BCUT2D eigenvalue weighted by Gasteiger charge is 2.12. The second-order valence-electron chi connectivity index (χ2n) is 4.39. The van der Waals surface area contributed by atoms with Crippen molar-refractivity contribution in [1.82, 2.24) is 9.78 Å². The van der Waals surface area contributed by atoms with E-state index >= 15 is 0 Å². The van der Waals surface area contributed by atoms with Crippen molar-refractivity contribution < 1.29 is 9.90 Å². The van der Waals surface area contributed by atoms with Gasteiger partial charge in [0.05, 0.1) is 12.6 Å². The fraction of sp³-hybridized carbons (Fsp3) is 0.286. The number of carbonyl (C=O) groups is 1. The van der Waals surface area contributed by atoms with Crippen molar-refractivity contribution in [1.29, 1.82) is 0 Å². The van der Waals surface area contributed by atoms with Crippen molar-refractivity contribution in [2.45, 2.75) is 19.8 Å². The van der Waals surface area contributed by atoms with E-state index in [1.165, 1.54) is 5.56 Å². The number of aromatic nitrogens is 2. The summed E-state index contributed by atoms with van der Waals surface area (Å²) >= 11 is 0. The summed E-state index contributed by atoms with van der Waals surface area (Å²) in [5.74, 6) is -0.786. The summed E-state index contributed by atoms with van der Waals surface area (Å²) in [5.41, 5.74) is 4.24. The predicted molar refractivity (Wildman–Crippen MR) is 69.3 cm³/mol. The van der Waals surface area contributed by atoms with Gasteiger partial charge in [-0.3, -0.25) is 9.48 Å². The van der Waals surface area contributed by atoms with Gasteiger partial charge in [-0.25, -0.2) is 0 Å². The third kappa shape index (κ3) is 2.59. The lowest BCUT2D eigenvalue weighted by atomic mass is 10.0. The molecule has 0 aliphatic rings. The molecule has 4 nitrogen and oxygen atoms in total. The van der Waals surface area contributed by atoms with Crippen molar-refractivity contribution in [2.24, 2.45) is 7.05 Å². The summed E-state index contributed by atoms with van der Waals surface area (Å²) in [6.07, 6.45) is 2.42. The van der Waals surface area contributed by atoms with Crippen LogP contribution in [0, 0.1) is 6.92 Å². The molecular formula is C14H16N2O2. The minimum Gasteiger partial charge on any atom is -0.481 e. The van der Waals surface area contributed by atoms with Gasteiger partial charge in [-0.05, 0) is 12.5 Å². The smallest absolute Gasteiger partial charge is 0.303 e. The van der Waals surface area contributed by atoms with Crippen LogP contribution in [-0.4, -0.2) is 20.9 Å². The van der Waals surface area contributed by atoms with Gasteiger partial charge in [-0.1, -0.05) is 29.8 Å². The Balaban J connectivity index is 2.36. The van der Waals surface area contributed by atoms with Crippen LogP contribution >= 0.6 is 0 Å². The summed E-state index contributed by atoms with van der Waals surface area (Å²) in [7, 11) is 1.84. The molecule has 2 rings (SSSR count). The van der Waals surface area contributed by atoms with Gasteiger partial charge >= 0.3 is 5.97 Å². The summed E-state index contributed by atoms with van der Waals surface area (Å²) in [4.78, 5) is 10.7. The molecule has 94 valence electrons. The maximum atomic E-state index is 10.7. The Bertz CT molecular complexity index is 573. The normalized spacial score (nSPS) is 10.6. The predicted octanol–water partition coefficient (Wildman–Crippen LogP) is 2.41. The Morgan fingerprint density at radius 1 is 1.44 bits per heavy atom. The van der Waals surface area contributed by atoms with Crippen molar-refractivity contribution in [3.05, 3.63) is 41.7 Å². The maximum absolute atomic E-state index is 10.7. The summed E-state index contributed by atoms with van der Waals surface area (Å²) in [6.45, 7) is 2.04. The van der Waals surface area contributed by atoms with Crippen molar-refractivity contribution >= 4 is 5.97 Å². The van der Waals surface area contributed by atoms with E-state index in [9.17, 15) is 4.79 Å². The molecule has 1 aromatic heterocycles. The van der Waals surface area contributed by atoms with Gasteiger partial charge in [0.2, 0.25) is 0 Å². The Kier molecular flexibility index (Phi) is 3.46. The van der Waals surface area contributed by atoms with Gasteiger partial charge in [0.15, 0.2) is 0 Å². The van der Waals surface area contributed by atoms with Crippen LogP contribution in [0.1, 0.15) is 17.7 Å². The zero-order valence-corrected chi connectivity index (χ0v) is 10.6. The Labute approximate surface area is 106 Å². The summed E-state index contributed by atoms with van der Waals surface area (Å²) < 4.78 is 1.75. The number of rotatable bonds is 4. The lowest BCUT2D eigenvalue weighted by molar-refractivity contribution is -0.136. The number of aliphatic carboxylic acids is 1. The van der Waals surface area contributed by atoms with Gasteiger partial charge in [0.25, 0.3) is 0 Å². The van der Waals surface area contributed by atoms with Crippen molar-refractivity contribution in [2.75, 3.05) is 0 Å². The number of carboxylic acids is 1. The number of hydrogen-bond donors (Lipinski definition) is 1. The molecule has 0 amide bonds. The highest BCUT2D eigenvalue weighted by atomic mass is 16.4. The molecule has 1 N–H and O–H groups in total. The molecule has 0 aliphatic heterocycles. The van der Waals surface area contributed by atoms with E-state index in [4.69, 9.17) is 5.11 Å². The van der Waals surface area contributed by atoms with E-state index in [1.807, 2.05) is 32.2 Å². The molecule has 18 heavy (non-hydrogen) atoms. The van der Waals surface area contributed by atoms with Gasteiger partial charge in [-0.2, -0.15) is 5.10 Å². The largest absolute Gasteiger partial charge is 0.481 e. The fourth-order valence-electron chi connectivity index (χ4n) is 2.04. The van der Waals surface area contributed by atoms with Crippen LogP contribution in [0.25, 0.3) is 11.1 Å². The number of carboxylic acid groups (broad SMARTS) is 1. The van der Waals surface area contributed by atoms with E-state index in [-0.39, 0.29) is 6.42 Å². The van der Waals surface area contributed by atoms with E-state index in [2.05, 4.69) is 11.2 Å². The van der Waals surface area contributed by atoms with E-state index in [0.29, 0.717) is 6.42 Å². The van der Waals surface area contributed by atoms with Crippen LogP contribution in [0.2, 0.25) is 0 Å². The number of nitrogens with zero attached hydrogens (tertiary/aromatic N) is 2. The molecule has 0 saturated carbocycles. The van der Waals surface area contributed by atoms with Crippen LogP contribution < -0.4 is 0 Å². The van der Waals surface area contributed by atoms with Gasteiger partial charge in [0, 0.05) is 24.7 Å². The van der Waals surface area contributed by atoms with Gasteiger partial charge < -0.3 is 5.11 Å². The highest BCUT2D eigenvalue weighted by Crippen LogP contribution is 2.24. The first-order valence-corrected chi connectivity index (χ1v) is 5.87. The minimum absolute atomic E-state index is 0.123. The van der Waals surface area contributed by atoms with Gasteiger partial charge in [0.1, 0.15) is 0 Å². The summed E-state index contributed by atoms with van der Waals surface area (Å²) in [5, 5.41) is 13.0. The average Bonchev–Trinajstić information content (AvgIpc) is 2.68. The lowest BCUT2D eigenvalue weighted by Gasteiger charge is -2.05. The van der Waals surface area contributed by atoms with Crippen LogP contribution in [0.5, 0.6) is 0 Å². The molecule has 0 atom stereocenters. The molecule has 0 spiro atoms. The Morgan fingerprint density at radius 2 is 2.22 bits per heavy atom. The topological polar surface area (TPSA) is 55.1 Å². The zero-order chi connectivity index (χ0) is 13.1. The van der Waals surface area contributed by atoms with E-state index in [0.717, 1.165) is 16.8 Å². The SMILES string of the molecule is Cc1cccc(-c2cnn(C)c2CCC(=O)O)c1. The number of aryl methyl sites for hydroxylation is 2. The van der Waals surface area contributed by atoms with Crippen LogP contribution in [0.3, 0.4) is 0 Å². The summed E-state index contributed by atoms with van der Waals surface area (Å²) in [6, 6.07) is 8.14. The van der Waals surface area contributed by atoms with Crippen molar-refractivity contribution in [3.8, 4) is 11.1 Å². The highest BCUT2D eigenvalue weighted by molar-refractivity contribution is 5.69. The molecule has 0 radical (unpaired) electrons. The monoisotopic (exact) mass is 244 g/mol.